The largest absolute Gasteiger partial charge is 0.416 e. The number of nitrogens with zero attached hydrogens (tertiary/aromatic N) is 2. The highest BCUT2D eigenvalue weighted by atomic mass is 19.4. The molecule has 0 aliphatic carbocycles. The van der Waals surface area contributed by atoms with Crippen LogP contribution in [0, 0.1) is 6.92 Å². The summed E-state index contributed by atoms with van der Waals surface area (Å²) in [6, 6.07) is 4.82. The summed E-state index contributed by atoms with van der Waals surface area (Å²) in [5.41, 5.74) is 0.227. The molecule has 0 bridgehead atoms. The standard InChI is InChI=1S/C14H19F3N2/c1-11-4-3-5-12(13(11)14(15,16)17)10-19-8-6-18(2)7-9-19/h3-5H,6-10H2,1-2H3. The monoisotopic (exact) mass is 272 g/mol. The summed E-state index contributed by atoms with van der Waals surface area (Å²) in [5.74, 6) is 0. The summed E-state index contributed by atoms with van der Waals surface area (Å²) in [5, 5.41) is 0. The van der Waals surface area contributed by atoms with E-state index in [1.54, 1.807) is 12.1 Å². The maximum absolute atomic E-state index is 13.1. The lowest BCUT2D eigenvalue weighted by Crippen LogP contribution is -2.44. The van der Waals surface area contributed by atoms with Gasteiger partial charge in [-0.05, 0) is 25.1 Å². The molecule has 19 heavy (non-hydrogen) atoms. The van der Waals surface area contributed by atoms with Crippen LogP contribution < -0.4 is 0 Å². The zero-order chi connectivity index (χ0) is 14.0. The van der Waals surface area contributed by atoms with Gasteiger partial charge in [-0.2, -0.15) is 13.2 Å². The van der Waals surface area contributed by atoms with E-state index in [0.29, 0.717) is 17.7 Å². The molecule has 0 N–H and O–H groups in total. The quantitative estimate of drug-likeness (QED) is 0.817. The third kappa shape index (κ3) is 3.48. The van der Waals surface area contributed by atoms with Crippen LogP contribution in [0.25, 0.3) is 0 Å². The van der Waals surface area contributed by atoms with Crippen LogP contribution in [0.15, 0.2) is 18.2 Å². The first-order valence-electron chi connectivity index (χ1n) is 6.44. The summed E-state index contributed by atoms with van der Waals surface area (Å²) in [4.78, 5) is 4.28. The number of hydrogen-bond donors (Lipinski definition) is 0. The number of alkyl halides is 3. The van der Waals surface area contributed by atoms with Crippen molar-refractivity contribution in [1.82, 2.24) is 9.80 Å². The normalized spacial score (nSPS) is 18.8. The molecule has 2 rings (SSSR count). The van der Waals surface area contributed by atoms with E-state index in [9.17, 15) is 13.2 Å². The maximum atomic E-state index is 13.1. The molecule has 1 aromatic carbocycles. The summed E-state index contributed by atoms with van der Waals surface area (Å²) < 4.78 is 39.3. The van der Waals surface area contributed by atoms with E-state index in [1.807, 2.05) is 7.05 Å². The average molecular weight is 272 g/mol. The molecular formula is C14H19F3N2. The van der Waals surface area contributed by atoms with Crippen LogP contribution in [0.5, 0.6) is 0 Å². The molecule has 0 radical (unpaired) electrons. The van der Waals surface area contributed by atoms with Crippen molar-refractivity contribution in [3.8, 4) is 0 Å². The van der Waals surface area contributed by atoms with E-state index in [-0.39, 0.29) is 0 Å². The Balaban J connectivity index is 2.18. The van der Waals surface area contributed by atoms with Crippen LogP contribution in [0.1, 0.15) is 16.7 Å². The second-order valence-electron chi connectivity index (χ2n) is 5.19. The second kappa shape index (κ2) is 5.51. The topological polar surface area (TPSA) is 6.48 Å². The minimum absolute atomic E-state index is 0.305. The van der Waals surface area contributed by atoms with E-state index in [0.717, 1.165) is 26.2 Å². The van der Waals surface area contributed by atoms with Gasteiger partial charge in [0.1, 0.15) is 0 Å². The lowest BCUT2D eigenvalue weighted by Gasteiger charge is -2.33. The third-order valence-corrected chi connectivity index (χ3v) is 3.63. The van der Waals surface area contributed by atoms with Gasteiger partial charge in [0, 0.05) is 32.7 Å². The fourth-order valence-electron chi connectivity index (χ4n) is 2.51. The van der Waals surface area contributed by atoms with Crippen LogP contribution in [0.2, 0.25) is 0 Å². The van der Waals surface area contributed by atoms with Crippen molar-refractivity contribution in [2.75, 3.05) is 33.2 Å². The molecule has 0 saturated carbocycles. The molecule has 1 saturated heterocycles. The molecule has 1 aliphatic rings. The fraction of sp³-hybridized carbons (Fsp3) is 0.571. The lowest BCUT2D eigenvalue weighted by atomic mass is 10.0. The first-order chi connectivity index (χ1) is 8.88. The van der Waals surface area contributed by atoms with Gasteiger partial charge in [-0.3, -0.25) is 4.90 Å². The van der Waals surface area contributed by atoms with E-state index >= 15 is 0 Å². The van der Waals surface area contributed by atoms with Crippen LogP contribution in [-0.2, 0) is 12.7 Å². The van der Waals surface area contributed by atoms with Crippen LogP contribution in [0.3, 0.4) is 0 Å². The minimum Gasteiger partial charge on any atom is -0.304 e. The van der Waals surface area contributed by atoms with Crippen molar-refractivity contribution in [2.45, 2.75) is 19.6 Å². The molecule has 106 valence electrons. The van der Waals surface area contributed by atoms with Crippen molar-refractivity contribution in [1.29, 1.82) is 0 Å². The van der Waals surface area contributed by atoms with E-state index in [1.165, 1.54) is 13.0 Å². The van der Waals surface area contributed by atoms with Gasteiger partial charge in [0.25, 0.3) is 0 Å². The predicted molar refractivity (Wildman–Crippen MR) is 69.0 cm³/mol. The Labute approximate surface area is 111 Å². The maximum Gasteiger partial charge on any atom is 0.416 e. The molecule has 0 atom stereocenters. The molecule has 0 amide bonds. The average Bonchev–Trinajstić information content (AvgIpc) is 2.30. The van der Waals surface area contributed by atoms with Gasteiger partial charge in [0.15, 0.2) is 0 Å². The van der Waals surface area contributed by atoms with Gasteiger partial charge in [-0.25, -0.2) is 0 Å². The van der Waals surface area contributed by atoms with Crippen molar-refractivity contribution >= 4 is 0 Å². The molecule has 0 aromatic heterocycles. The second-order valence-corrected chi connectivity index (χ2v) is 5.19. The van der Waals surface area contributed by atoms with Crippen LogP contribution in [0.4, 0.5) is 13.2 Å². The highest BCUT2D eigenvalue weighted by Gasteiger charge is 2.35. The Morgan fingerprint density at radius 1 is 1.11 bits per heavy atom. The van der Waals surface area contributed by atoms with Gasteiger partial charge < -0.3 is 4.90 Å². The van der Waals surface area contributed by atoms with E-state index < -0.39 is 11.7 Å². The Morgan fingerprint density at radius 2 is 1.74 bits per heavy atom. The summed E-state index contributed by atoms with van der Waals surface area (Å²) in [6.45, 7) is 5.37. The Morgan fingerprint density at radius 3 is 2.32 bits per heavy atom. The van der Waals surface area contributed by atoms with Gasteiger partial charge >= 0.3 is 6.18 Å². The predicted octanol–water partition coefficient (Wildman–Crippen LogP) is 2.76. The molecule has 2 nitrogen and oxygen atoms in total. The van der Waals surface area contributed by atoms with Crippen molar-refractivity contribution in [3.63, 3.8) is 0 Å². The number of benzene rings is 1. The number of rotatable bonds is 2. The van der Waals surface area contributed by atoms with Crippen molar-refractivity contribution in [3.05, 3.63) is 34.9 Å². The van der Waals surface area contributed by atoms with Crippen molar-refractivity contribution < 1.29 is 13.2 Å². The Hall–Kier alpha value is -1.07. The minimum atomic E-state index is -4.27. The molecule has 1 heterocycles. The summed E-state index contributed by atoms with van der Waals surface area (Å²) >= 11 is 0. The zero-order valence-electron chi connectivity index (χ0n) is 11.3. The van der Waals surface area contributed by atoms with E-state index in [2.05, 4.69) is 9.80 Å². The number of likely N-dealkylation sites (N-methyl/N-ethyl adjacent to an activating group) is 1. The SMILES string of the molecule is Cc1cccc(CN2CCN(C)CC2)c1C(F)(F)F. The Kier molecular flexibility index (Phi) is 4.16. The van der Waals surface area contributed by atoms with Gasteiger partial charge in [0.2, 0.25) is 0 Å². The van der Waals surface area contributed by atoms with Crippen molar-refractivity contribution in [2.24, 2.45) is 0 Å². The highest BCUT2D eigenvalue weighted by Crippen LogP contribution is 2.35. The van der Waals surface area contributed by atoms with Crippen LogP contribution >= 0.6 is 0 Å². The highest BCUT2D eigenvalue weighted by molar-refractivity contribution is 5.36. The Bertz CT molecular complexity index is 435. The smallest absolute Gasteiger partial charge is 0.304 e. The van der Waals surface area contributed by atoms with Gasteiger partial charge in [0.05, 0.1) is 5.56 Å². The number of hydrogen-bond acceptors (Lipinski definition) is 2. The molecule has 1 aliphatic heterocycles. The first kappa shape index (κ1) is 14.3. The number of piperazine rings is 1. The molecule has 5 heteroatoms. The zero-order valence-corrected chi connectivity index (χ0v) is 11.3. The number of halogens is 3. The molecule has 1 aromatic rings. The third-order valence-electron chi connectivity index (χ3n) is 3.63. The van der Waals surface area contributed by atoms with Gasteiger partial charge in [-0.1, -0.05) is 18.2 Å². The lowest BCUT2D eigenvalue weighted by molar-refractivity contribution is -0.139. The first-order valence-corrected chi connectivity index (χ1v) is 6.44. The van der Waals surface area contributed by atoms with Gasteiger partial charge in [-0.15, -0.1) is 0 Å². The molecular weight excluding hydrogens is 253 g/mol. The molecule has 1 fully saturated rings. The summed E-state index contributed by atoms with van der Waals surface area (Å²) in [6.07, 6.45) is -4.27. The number of aryl methyl sites for hydroxylation is 1. The fourth-order valence-corrected chi connectivity index (χ4v) is 2.51. The van der Waals surface area contributed by atoms with E-state index in [4.69, 9.17) is 0 Å². The van der Waals surface area contributed by atoms with Crippen LogP contribution in [-0.4, -0.2) is 43.0 Å². The molecule has 0 spiro atoms. The summed E-state index contributed by atoms with van der Waals surface area (Å²) in [7, 11) is 2.03. The molecule has 0 unspecified atom stereocenters.